The third-order valence-electron chi connectivity index (χ3n) is 21.5. The first-order valence-electron chi connectivity index (χ1n) is 39.7. The molecular formula is C109H79ClN6S4. The van der Waals surface area contributed by atoms with Crippen LogP contribution in [0.2, 0.25) is 5.02 Å². The lowest BCUT2D eigenvalue weighted by Crippen LogP contribution is -2.13. The summed E-state index contributed by atoms with van der Waals surface area (Å²) >= 11 is 14.1. The van der Waals surface area contributed by atoms with Gasteiger partial charge >= 0.3 is 0 Å². The van der Waals surface area contributed by atoms with Crippen LogP contribution >= 0.6 is 56.9 Å². The van der Waals surface area contributed by atoms with Gasteiger partial charge in [0.25, 0.3) is 0 Å². The molecule has 0 radical (unpaired) electrons. The van der Waals surface area contributed by atoms with E-state index in [9.17, 15) is 0 Å². The number of nitrogens with zero attached hydrogens (tertiary/aromatic N) is 5. The highest BCUT2D eigenvalue weighted by molar-refractivity contribution is 7.27. The molecule has 4 aromatic heterocycles. The smallest absolute Gasteiger partial charge is 0.0575 e. The standard InChI is InChI=1S/C54H37N3S2.C36H25ClN2S.C18H13NS.CH4/c1-6-18-38(19-7-1)55(39-20-8-2-9-21-39)44-31-33-52-48(35-44)54-49(57(41-24-12-4-13-25-41)42-26-14-5-15-27-42)36-45(37-53(54)59-52)56(40-22-10-3-11-23-40)43-30-32-51-47(34-43)46-28-16-17-29-50(46)58-51;37-26-23-33(39(29-17-9-3-10-18-29)30-19-11-4-12-20-30)36-32-25-31(21-22-34(32)40-35(36)24-26)38(27-13-5-1-6-14-27)28-15-7-2-8-16-28;1-2-6-13(7-3-1)19-14-10-11-18-16(12-14)15-8-4-5-9-17(15)20-18;/h1-37H;1-25H;1-12,19H;1H4. The summed E-state index contributed by atoms with van der Waals surface area (Å²) in [6.45, 7) is 0. The number of rotatable bonds is 17. The number of thiophene rings is 4. The zero-order valence-electron chi connectivity index (χ0n) is 64.5. The maximum absolute atomic E-state index is 6.78. The number of hydrogen-bond donors (Lipinski definition) is 1. The molecule has 0 saturated heterocycles. The average molecular weight is 1640 g/mol. The van der Waals surface area contributed by atoms with Gasteiger partial charge in [-0.1, -0.05) is 237 Å². The van der Waals surface area contributed by atoms with Gasteiger partial charge in [0, 0.05) is 171 Å². The predicted octanol–water partition coefficient (Wildman–Crippen LogP) is 34.9. The fraction of sp³-hybridized carbons (Fsp3) is 0.00917. The van der Waals surface area contributed by atoms with E-state index in [2.05, 4.69) is 448 Å². The SMILES string of the molecule is C.Clc1cc(N(c2ccccc2)c2ccccc2)c2c(c1)sc1ccc(N(c3ccccc3)c3ccccc3)cc12.c1ccc(N(c2cc(N(c3ccccc3)c3ccccc3)c3c(c2)sc2ccc(N(c4ccccc4)c4ccccc4)cc23)c2ccc3sc4ccccc4c3c2)cc1.c1ccc(Nc2ccc3sc4ccccc4c3c2)cc1. The summed E-state index contributed by atoms with van der Waals surface area (Å²) in [5.41, 5.74) is 18.8. The number of hydrogen-bond acceptors (Lipinski definition) is 10. The van der Waals surface area contributed by atoms with Gasteiger partial charge in [-0.25, -0.2) is 0 Å². The highest BCUT2D eigenvalue weighted by atomic mass is 35.5. The van der Waals surface area contributed by atoms with Crippen molar-refractivity contribution >= 4 is 234 Å². The maximum atomic E-state index is 6.78. The molecular weight excluding hydrogens is 1560 g/mol. The first-order chi connectivity index (χ1) is 58.9. The monoisotopic (exact) mass is 1630 g/mol. The van der Waals surface area contributed by atoms with Gasteiger partial charge in [-0.05, 0) is 231 Å². The third-order valence-corrected chi connectivity index (χ3v) is 26.2. The Balaban J connectivity index is 0.000000134. The van der Waals surface area contributed by atoms with E-state index in [1.165, 1.54) is 76.0 Å². The largest absolute Gasteiger partial charge is 0.356 e. The van der Waals surface area contributed by atoms with E-state index in [-0.39, 0.29) is 7.43 Å². The van der Waals surface area contributed by atoms with E-state index in [4.69, 9.17) is 11.6 Å². The van der Waals surface area contributed by atoms with Gasteiger partial charge in [-0.3, -0.25) is 0 Å². The number of benzene rings is 18. The third kappa shape index (κ3) is 15.3. The fourth-order valence-electron chi connectivity index (χ4n) is 16.2. The molecule has 0 atom stereocenters. The number of para-hydroxylation sites is 10. The lowest BCUT2D eigenvalue weighted by molar-refractivity contribution is 1.27. The summed E-state index contributed by atoms with van der Waals surface area (Å²) < 4.78 is 10.1. The Morgan fingerprint density at radius 1 is 0.175 bits per heavy atom. The molecule has 0 saturated carbocycles. The Kier molecular flexibility index (Phi) is 21.7. The highest BCUT2D eigenvalue weighted by Crippen LogP contribution is 2.53. The molecule has 0 aliphatic carbocycles. The molecule has 22 aromatic rings. The Labute approximate surface area is 719 Å². The van der Waals surface area contributed by atoms with Crippen molar-refractivity contribution in [1.29, 1.82) is 0 Å². The number of nitrogens with one attached hydrogen (secondary N) is 1. The van der Waals surface area contributed by atoms with Crippen LogP contribution in [0, 0.1) is 0 Å². The van der Waals surface area contributed by atoms with Crippen molar-refractivity contribution in [2.75, 3.05) is 29.8 Å². The van der Waals surface area contributed by atoms with Gasteiger partial charge in [0.1, 0.15) is 0 Å². The Bertz CT molecular complexity index is 7130. The van der Waals surface area contributed by atoms with Crippen molar-refractivity contribution in [3.05, 3.63) is 454 Å². The Morgan fingerprint density at radius 3 is 0.817 bits per heavy atom. The molecule has 576 valence electrons. The molecule has 0 amide bonds. The molecule has 120 heavy (non-hydrogen) atoms. The minimum Gasteiger partial charge on any atom is -0.356 e. The van der Waals surface area contributed by atoms with E-state index >= 15 is 0 Å². The topological polar surface area (TPSA) is 28.2 Å². The van der Waals surface area contributed by atoms with Crippen molar-refractivity contribution in [2.24, 2.45) is 0 Å². The van der Waals surface area contributed by atoms with Crippen LogP contribution in [0.4, 0.5) is 96.7 Å². The summed E-state index contributed by atoms with van der Waals surface area (Å²) in [4.78, 5) is 11.8. The maximum Gasteiger partial charge on any atom is 0.0575 e. The van der Waals surface area contributed by atoms with Crippen LogP contribution in [0.25, 0.3) is 80.7 Å². The summed E-state index contributed by atoms with van der Waals surface area (Å²) in [5, 5.41) is 14.2. The lowest BCUT2D eigenvalue weighted by Gasteiger charge is -2.30. The summed E-state index contributed by atoms with van der Waals surface area (Å²) in [7, 11) is 0. The van der Waals surface area contributed by atoms with Crippen LogP contribution in [0.5, 0.6) is 0 Å². The fourth-order valence-corrected chi connectivity index (χ4v) is 20.9. The van der Waals surface area contributed by atoms with E-state index in [1.54, 1.807) is 11.3 Å². The molecule has 1 N–H and O–H groups in total. The van der Waals surface area contributed by atoms with E-state index in [1.807, 2.05) is 64.3 Å². The zero-order valence-corrected chi connectivity index (χ0v) is 68.5. The van der Waals surface area contributed by atoms with Crippen molar-refractivity contribution in [2.45, 2.75) is 7.43 Å². The van der Waals surface area contributed by atoms with Crippen molar-refractivity contribution < 1.29 is 0 Å². The van der Waals surface area contributed by atoms with E-state index in [0.717, 1.165) is 106 Å². The molecule has 11 heteroatoms. The zero-order chi connectivity index (χ0) is 79.4. The Morgan fingerprint density at radius 2 is 0.442 bits per heavy atom. The van der Waals surface area contributed by atoms with E-state index < -0.39 is 0 Å². The van der Waals surface area contributed by atoms with Crippen LogP contribution in [0.15, 0.2) is 449 Å². The van der Waals surface area contributed by atoms with Gasteiger partial charge in [0.05, 0.1) is 11.4 Å². The van der Waals surface area contributed by atoms with Gasteiger partial charge in [-0.2, -0.15) is 0 Å². The number of anilines is 17. The molecule has 22 rings (SSSR count). The highest BCUT2D eigenvalue weighted by Gasteiger charge is 2.27. The van der Waals surface area contributed by atoms with Gasteiger partial charge in [0.15, 0.2) is 0 Å². The predicted molar refractivity (Wildman–Crippen MR) is 526 cm³/mol. The summed E-state index contributed by atoms with van der Waals surface area (Å²) in [6, 6.07) is 160. The van der Waals surface area contributed by atoms with Crippen molar-refractivity contribution in [3.63, 3.8) is 0 Å². The molecule has 0 aliphatic heterocycles. The van der Waals surface area contributed by atoms with Crippen LogP contribution in [0.1, 0.15) is 7.43 Å². The van der Waals surface area contributed by atoms with Crippen molar-refractivity contribution in [3.8, 4) is 0 Å². The van der Waals surface area contributed by atoms with Crippen LogP contribution in [-0.4, -0.2) is 0 Å². The first kappa shape index (κ1) is 75.9. The Hall–Kier alpha value is -14.1. The minimum atomic E-state index is 0. The van der Waals surface area contributed by atoms with Gasteiger partial charge in [0.2, 0.25) is 0 Å². The van der Waals surface area contributed by atoms with Crippen LogP contribution in [0.3, 0.4) is 0 Å². The minimum absolute atomic E-state index is 0. The van der Waals surface area contributed by atoms with Gasteiger partial charge in [-0.15, -0.1) is 45.3 Å². The first-order valence-corrected chi connectivity index (χ1v) is 43.3. The molecule has 6 nitrogen and oxygen atoms in total. The molecule has 0 aliphatic rings. The second-order valence-corrected chi connectivity index (χ2v) is 33.7. The number of fused-ring (bicyclic) bond motifs is 12. The lowest BCUT2D eigenvalue weighted by atomic mass is 10.0. The molecule has 18 aromatic carbocycles. The molecule has 0 spiro atoms. The quantitative estimate of drug-likeness (QED) is 0.0977. The average Bonchev–Trinajstić information content (AvgIpc) is 1.68. The molecule has 0 bridgehead atoms. The number of halogens is 1. The van der Waals surface area contributed by atoms with Crippen LogP contribution in [-0.2, 0) is 0 Å². The summed E-state index contributed by atoms with van der Waals surface area (Å²) in [5.74, 6) is 0. The molecule has 0 fully saturated rings. The van der Waals surface area contributed by atoms with Crippen molar-refractivity contribution in [1.82, 2.24) is 0 Å². The van der Waals surface area contributed by atoms with E-state index in [0.29, 0.717) is 0 Å². The van der Waals surface area contributed by atoms with Crippen LogP contribution < -0.4 is 29.8 Å². The second kappa shape index (κ2) is 34.2. The second-order valence-electron chi connectivity index (χ2n) is 29.0. The molecule has 0 unspecified atom stereocenters. The normalized spacial score (nSPS) is 11.1. The van der Waals surface area contributed by atoms with Gasteiger partial charge < -0.3 is 29.8 Å². The molecule has 4 heterocycles. The summed E-state index contributed by atoms with van der Waals surface area (Å²) in [6.07, 6.45) is 0.